The zero-order valence-corrected chi connectivity index (χ0v) is 14.6. The summed E-state index contributed by atoms with van der Waals surface area (Å²) >= 11 is 7.00. The first-order chi connectivity index (χ1) is 11.6. The van der Waals surface area contributed by atoms with Gasteiger partial charge in [0.1, 0.15) is 16.3 Å². The molecule has 0 atom stereocenters. The van der Waals surface area contributed by atoms with Gasteiger partial charge >= 0.3 is 0 Å². The highest BCUT2D eigenvalue weighted by Gasteiger charge is 2.18. The number of halogens is 1. The molecule has 0 saturated heterocycles. The minimum absolute atomic E-state index is 0.249. The molecule has 0 aliphatic carbocycles. The predicted molar refractivity (Wildman–Crippen MR) is 96.0 cm³/mol. The fourth-order valence-corrected chi connectivity index (χ4v) is 3.03. The van der Waals surface area contributed by atoms with Crippen molar-refractivity contribution in [3.05, 3.63) is 57.9 Å². The summed E-state index contributed by atoms with van der Waals surface area (Å²) in [6.07, 6.45) is 0. The number of ether oxygens (including phenoxy) is 1. The van der Waals surface area contributed by atoms with Gasteiger partial charge in [-0.3, -0.25) is 4.79 Å². The molecule has 122 valence electrons. The molecule has 0 radical (unpaired) electrons. The quantitative estimate of drug-likeness (QED) is 0.748. The third-order valence-electron chi connectivity index (χ3n) is 3.49. The Morgan fingerprint density at radius 3 is 2.62 bits per heavy atom. The Hall–Kier alpha value is -2.44. The van der Waals surface area contributed by atoms with Crippen LogP contribution in [0, 0.1) is 6.92 Å². The first-order valence-electron chi connectivity index (χ1n) is 7.13. The lowest BCUT2D eigenvalue weighted by Gasteiger charge is -2.08. The Bertz CT molecular complexity index is 878. The zero-order valence-electron chi connectivity index (χ0n) is 13.0. The van der Waals surface area contributed by atoms with Gasteiger partial charge in [0.2, 0.25) is 0 Å². The van der Waals surface area contributed by atoms with Crippen LogP contribution in [0.4, 0.5) is 5.69 Å². The summed E-state index contributed by atoms with van der Waals surface area (Å²) < 4.78 is 9.06. The molecule has 1 aromatic heterocycles. The molecule has 2 aromatic carbocycles. The largest absolute Gasteiger partial charge is 0.497 e. The third-order valence-corrected chi connectivity index (χ3v) is 4.45. The highest BCUT2D eigenvalue weighted by Crippen LogP contribution is 2.27. The van der Waals surface area contributed by atoms with Gasteiger partial charge in [0.05, 0.1) is 7.11 Å². The Kier molecular flexibility index (Phi) is 4.78. The summed E-state index contributed by atoms with van der Waals surface area (Å²) in [6.45, 7) is 1.89. The molecule has 0 unspecified atom stereocenters. The second-order valence-electron chi connectivity index (χ2n) is 5.09. The Morgan fingerprint density at radius 1 is 1.21 bits per heavy atom. The van der Waals surface area contributed by atoms with E-state index in [1.165, 1.54) is 0 Å². The molecule has 0 saturated carbocycles. The summed E-state index contributed by atoms with van der Waals surface area (Å²) in [7, 11) is 1.60. The molecular weight excluding hydrogens is 346 g/mol. The lowest BCUT2D eigenvalue weighted by atomic mass is 10.1. The van der Waals surface area contributed by atoms with Gasteiger partial charge in [-0.15, -0.1) is 5.10 Å². The van der Waals surface area contributed by atoms with E-state index in [0.29, 0.717) is 21.3 Å². The fraction of sp³-hybridized carbons (Fsp3) is 0.118. The molecular formula is C17H14ClN3O2S. The molecule has 0 bridgehead atoms. The van der Waals surface area contributed by atoms with Crippen molar-refractivity contribution in [2.45, 2.75) is 6.92 Å². The molecule has 1 heterocycles. The van der Waals surface area contributed by atoms with Crippen molar-refractivity contribution in [3.63, 3.8) is 0 Å². The normalized spacial score (nSPS) is 10.5. The van der Waals surface area contributed by atoms with Crippen LogP contribution in [0.1, 0.15) is 15.2 Å². The molecule has 1 amide bonds. The number of hydrogen-bond donors (Lipinski definition) is 1. The van der Waals surface area contributed by atoms with E-state index in [4.69, 9.17) is 16.3 Å². The maximum atomic E-state index is 12.6. The van der Waals surface area contributed by atoms with Crippen molar-refractivity contribution < 1.29 is 9.53 Å². The van der Waals surface area contributed by atoms with Gasteiger partial charge in [-0.2, -0.15) is 0 Å². The van der Waals surface area contributed by atoms with Crippen LogP contribution >= 0.6 is 23.1 Å². The van der Waals surface area contributed by atoms with Crippen molar-refractivity contribution in [2.75, 3.05) is 12.4 Å². The second-order valence-corrected chi connectivity index (χ2v) is 6.28. The minimum Gasteiger partial charge on any atom is -0.497 e. The number of hydrogen-bond acceptors (Lipinski definition) is 5. The summed E-state index contributed by atoms with van der Waals surface area (Å²) in [5, 5.41) is 7.60. The molecule has 0 aliphatic rings. The van der Waals surface area contributed by atoms with Gasteiger partial charge in [0, 0.05) is 16.3 Å². The van der Waals surface area contributed by atoms with Crippen LogP contribution in [-0.4, -0.2) is 22.6 Å². The number of aromatic nitrogens is 2. The van der Waals surface area contributed by atoms with E-state index >= 15 is 0 Å². The van der Waals surface area contributed by atoms with Crippen molar-refractivity contribution in [1.82, 2.24) is 9.59 Å². The summed E-state index contributed by atoms with van der Waals surface area (Å²) in [5.41, 5.74) is 2.95. The predicted octanol–water partition coefficient (Wildman–Crippen LogP) is 4.43. The van der Waals surface area contributed by atoms with Crippen molar-refractivity contribution in [3.8, 4) is 17.0 Å². The highest BCUT2D eigenvalue weighted by atomic mass is 35.5. The minimum atomic E-state index is -0.249. The molecule has 0 fully saturated rings. The van der Waals surface area contributed by atoms with Gasteiger partial charge in [0.25, 0.3) is 5.91 Å². The van der Waals surface area contributed by atoms with E-state index in [1.54, 1.807) is 25.3 Å². The number of anilines is 1. The first kappa shape index (κ1) is 16.4. The van der Waals surface area contributed by atoms with Gasteiger partial charge in [-0.1, -0.05) is 16.1 Å². The maximum absolute atomic E-state index is 12.6. The van der Waals surface area contributed by atoms with Crippen LogP contribution in [-0.2, 0) is 0 Å². The van der Waals surface area contributed by atoms with E-state index in [9.17, 15) is 4.79 Å². The van der Waals surface area contributed by atoms with Crippen LogP contribution in [0.2, 0.25) is 5.02 Å². The summed E-state index contributed by atoms with van der Waals surface area (Å²) in [4.78, 5) is 13.0. The average Bonchev–Trinajstić information content (AvgIpc) is 3.07. The van der Waals surface area contributed by atoms with Crippen molar-refractivity contribution in [2.24, 2.45) is 0 Å². The smallest absolute Gasteiger partial charge is 0.269 e. The average molecular weight is 360 g/mol. The van der Waals surface area contributed by atoms with Gasteiger partial charge < -0.3 is 10.1 Å². The first-order valence-corrected chi connectivity index (χ1v) is 8.28. The topological polar surface area (TPSA) is 64.1 Å². The lowest BCUT2D eigenvalue weighted by molar-refractivity contribution is 0.103. The molecule has 0 spiro atoms. The molecule has 5 nitrogen and oxygen atoms in total. The van der Waals surface area contributed by atoms with E-state index in [1.807, 2.05) is 31.2 Å². The van der Waals surface area contributed by atoms with E-state index in [2.05, 4.69) is 14.9 Å². The molecule has 24 heavy (non-hydrogen) atoms. The maximum Gasteiger partial charge on any atom is 0.269 e. The number of rotatable bonds is 4. The SMILES string of the molecule is COc1ccc(-c2nnsc2C(=O)Nc2ccc(Cl)cc2C)cc1. The number of benzene rings is 2. The standard InChI is InChI=1S/C17H14ClN3O2S/c1-10-9-12(18)5-8-14(10)19-17(22)16-15(20-21-24-16)11-3-6-13(23-2)7-4-11/h3-9H,1-2H3,(H,19,22). The number of nitrogens with zero attached hydrogens (tertiary/aromatic N) is 2. The van der Waals surface area contributed by atoms with Crippen molar-refractivity contribution >= 4 is 34.7 Å². The number of carbonyl (C=O) groups is 1. The number of nitrogens with one attached hydrogen (secondary N) is 1. The Morgan fingerprint density at radius 2 is 1.96 bits per heavy atom. The van der Waals surface area contributed by atoms with Gasteiger partial charge in [-0.05, 0) is 66.5 Å². The fourth-order valence-electron chi connectivity index (χ4n) is 2.22. The Balaban J connectivity index is 1.87. The van der Waals surface area contributed by atoms with Gasteiger partial charge in [-0.25, -0.2) is 0 Å². The number of carbonyl (C=O) groups excluding carboxylic acids is 1. The Labute approximate surface area is 148 Å². The molecule has 7 heteroatoms. The lowest BCUT2D eigenvalue weighted by Crippen LogP contribution is -2.12. The van der Waals surface area contributed by atoms with E-state index in [0.717, 1.165) is 28.4 Å². The molecule has 0 aliphatic heterocycles. The van der Waals surface area contributed by atoms with Crippen LogP contribution in [0.15, 0.2) is 42.5 Å². The van der Waals surface area contributed by atoms with E-state index < -0.39 is 0 Å². The molecule has 3 rings (SSSR count). The summed E-state index contributed by atoms with van der Waals surface area (Å²) in [6, 6.07) is 12.6. The molecule has 1 N–H and O–H groups in total. The number of methoxy groups -OCH3 is 1. The van der Waals surface area contributed by atoms with Crippen LogP contribution in [0.25, 0.3) is 11.3 Å². The number of aryl methyl sites for hydroxylation is 1. The van der Waals surface area contributed by atoms with E-state index in [-0.39, 0.29) is 5.91 Å². The van der Waals surface area contributed by atoms with Gasteiger partial charge in [0.15, 0.2) is 0 Å². The van der Waals surface area contributed by atoms with Crippen LogP contribution in [0.3, 0.4) is 0 Å². The monoisotopic (exact) mass is 359 g/mol. The molecule has 3 aromatic rings. The summed E-state index contributed by atoms with van der Waals surface area (Å²) in [5.74, 6) is 0.492. The van der Waals surface area contributed by atoms with Crippen LogP contribution in [0.5, 0.6) is 5.75 Å². The highest BCUT2D eigenvalue weighted by molar-refractivity contribution is 7.08. The van der Waals surface area contributed by atoms with Crippen molar-refractivity contribution in [1.29, 1.82) is 0 Å². The van der Waals surface area contributed by atoms with Crippen LogP contribution < -0.4 is 10.1 Å². The second kappa shape index (κ2) is 6.98. The third kappa shape index (κ3) is 3.39. The number of amides is 1. The zero-order chi connectivity index (χ0) is 17.1.